The lowest BCUT2D eigenvalue weighted by molar-refractivity contribution is 0.177. The van der Waals surface area contributed by atoms with Crippen molar-refractivity contribution in [3.63, 3.8) is 0 Å². The van der Waals surface area contributed by atoms with Crippen molar-refractivity contribution in [2.24, 2.45) is 0 Å². The van der Waals surface area contributed by atoms with E-state index in [0.717, 1.165) is 5.69 Å². The average molecular weight is 249 g/mol. The smallest absolute Gasteiger partial charge is 0.392 e. The summed E-state index contributed by atoms with van der Waals surface area (Å²) in [6, 6.07) is 7.86. The number of rotatable bonds is 5. The van der Waals surface area contributed by atoms with Crippen LogP contribution in [0.15, 0.2) is 33.5 Å². The second kappa shape index (κ2) is 5.50. The van der Waals surface area contributed by atoms with Gasteiger partial charge < -0.3 is 14.8 Å². The predicted molar refractivity (Wildman–Crippen MR) is 66.5 cm³/mol. The Balaban J connectivity index is 1.83. The van der Waals surface area contributed by atoms with Gasteiger partial charge in [0.2, 0.25) is 5.89 Å². The fourth-order valence-electron chi connectivity index (χ4n) is 1.53. The van der Waals surface area contributed by atoms with Crippen molar-refractivity contribution in [1.82, 2.24) is 10.2 Å². The second-order valence-electron chi connectivity index (χ2n) is 4.11. The van der Waals surface area contributed by atoms with E-state index >= 15 is 0 Å². The standard InChI is InChI=1S/C12H15N3O3/c1-8-2-4-9(5-3-8)13-7-10(16)6-11-14-15-12(17)18-11/h2-5,10,13,16H,6-7H2,1H3,(H,15,17). The molecule has 1 aromatic carbocycles. The summed E-state index contributed by atoms with van der Waals surface area (Å²) in [6.45, 7) is 2.37. The number of aryl methyl sites for hydroxylation is 1. The van der Waals surface area contributed by atoms with E-state index in [2.05, 4.69) is 15.5 Å². The van der Waals surface area contributed by atoms with Crippen LogP contribution in [0.1, 0.15) is 11.5 Å². The summed E-state index contributed by atoms with van der Waals surface area (Å²) in [6.07, 6.45) is -0.477. The van der Waals surface area contributed by atoms with Crippen LogP contribution in [0.3, 0.4) is 0 Å². The maximum Gasteiger partial charge on any atom is 0.434 e. The summed E-state index contributed by atoms with van der Waals surface area (Å²) in [5.74, 6) is -0.401. The predicted octanol–water partition coefficient (Wildman–Crippen LogP) is 0.687. The van der Waals surface area contributed by atoms with Crippen molar-refractivity contribution in [3.05, 3.63) is 46.3 Å². The van der Waals surface area contributed by atoms with Crippen molar-refractivity contribution < 1.29 is 9.52 Å². The highest BCUT2D eigenvalue weighted by Gasteiger charge is 2.10. The van der Waals surface area contributed by atoms with Crippen LogP contribution in [0.5, 0.6) is 0 Å². The first-order valence-electron chi connectivity index (χ1n) is 5.66. The summed E-state index contributed by atoms with van der Waals surface area (Å²) in [4.78, 5) is 10.7. The Morgan fingerprint density at radius 3 is 2.78 bits per heavy atom. The number of nitrogens with one attached hydrogen (secondary N) is 2. The fourth-order valence-corrected chi connectivity index (χ4v) is 1.53. The third-order valence-electron chi connectivity index (χ3n) is 2.49. The minimum Gasteiger partial charge on any atom is -0.392 e. The van der Waals surface area contributed by atoms with Gasteiger partial charge in [-0.15, -0.1) is 5.10 Å². The van der Waals surface area contributed by atoms with E-state index in [9.17, 15) is 9.90 Å². The molecule has 0 bridgehead atoms. The molecule has 1 aromatic heterocycles. The maximum absolute atomic E-state index is 10.7. The lowest BCUT2D eigenvalue weighted by Gasteiger charge is -2.11. The molecule has 0 amide bonds. The van der Waals surface area contributed by atoms with E-state index in [1.165, 1.54) is 5.56 Å². The molecule has 0 saturated heterocycles. The number of nitrogens with zero attached hydrogens (tertiary/aromatic N) is 1. The summed E-state index contributed by atoms with van der Waals surface area (Å²) < 4.78 is 4.71. The lowest BCUT2D eigenvalue weighted by Crippen LogP contribution is -2.22. The van der Waals surface area contributed by atoms with Crippen LogP contribution >= 0.6 is 0 Å². The summed E-state index contributed by atoms with van der Waals surface area (Å²) >= 11 is 0. The number of hydrogen-bond acceptors (Lipinski definition) is 5. The van der Waals surface area contributed by atoms with Crippen molar-refractivity contribution in [1.29, 1.82) is 0 Å². The van der Waals surface area contributed by atoms with Crippen LogP contribution in [0.4, 0.5) is 5.69 Å². The zero-order valence-electron chi connectivity index (χ0n) is 10.0. The van der Waals surface area contributed by atoms with Crippen molar-refractivity contribution in [2.75, 3.05) is 11.9 Å². The van der Waals surface area contributed by atoms with Gasteiger partial charge in [0.05, 0.1) is 12.5 Å². The number of H-pyrrole nitrogens is 1. The molecule has 96 valence electrons. The second-order valence-corrected chi connectivity index (χ2v) is 4.11. The van der Waals surface area contributed by atoms with E-state index < -0.39 is 11.9 Å². The highest BCUT2D eigenvalue weighted by molar-refractivity contribution is 5.44. The zero-order chi connectivity index (χ0) is 13.0. The Labute approximate surface area is 104 Å². The molecule has 0 aliphatic carbocycles. The molecule has 6 heteroatoms. The summed E-state index contributed by atoms with van der Waals surface area (Å²) in [7, 11) is 0. The number of aromatic nitrogens is 2. The normalized spacial score (nSPS) is 12.3. The van der Waals surface area contributed by atoms with Gasteiger partial charge in [-0.2, -0.15) is 0 Å². The SMILES string of the molecule is Cc1ccc(NCC(O)Cc2n[nH]c(=O)o2)cc1. The Morgan fingerprint density at radius 1 is 1.44 bits per heavy atom. The number of aromatic amines is 1. The van der Waals surface area contributed by atoms with Crippen LogP contribution in [-0.2, 0) is 6.42 Å². The topological polar surface area (TPSA) is 91.1 Å². The molecule has 0 aliphatic heterocycles. The number of anilines is 1. The third-order valence-corrected chi connectivity index (χ3v) is 2.49. The molecule has 0 radical (unpaired) electrons. The Hall–Kier alpha value is -2.08. The molecule has 2 rings (SSSR count). The van der Waals surface area contributed by atoms with Crippen molar-refractivity contribution in [3.8, 4) is 0 Å². The number of hydrogen-bond donors (Lipinski definition) is 3. The lowest BCUT2D eigenvalue weighted by atomic mass is 10.2. The van der Waals surface area contributed by atoms with Gasteiger partial charge in [-0.05, 0) is 19.1 Å². The van der Waals surface area contributed by atoms with Crippen LogP contribution in [-0.4, -0.2) is 28.0 Å². The molecule has 3 N–H and O–H groups in total. The highest BCUT2D eigenvalue weighted by Crippen LogP contribution is 2.08. The van der Waals surface area contributed by atoms with Gasteiger partial charge in [0.1, 0.15) is 0 Å². The highest BCUT2D eigenvalue weighted by atomic mass is 16.4. The van der Waals surface area contributed by atoms with Crippen molar-refractivity contribution in [2.45, 2.75) is 19.4 Å². The molecular weight excluding hydrogens is 234 g/mol. The van der Waals surface area contributed by atoms with Crippen LogP contribution in [0, 0.1) is 6.92 Å². The summed E-state index contributed by atoms with van der Waals surface area (Å²) in [5.41, 5.74) is 2.11. The molecule has 0 saturated carbocycles. The van der Waals surface area contributed by atoms with Gasteiger partial charge in [-0.3, -0.25) is 0 Å². The Kier molecular flexibility index (Phi) is 3.78. The van der Waals surface area contributed by atoms with Gasteiger partial charge in [0.25, 0.3) is 0 Å². The van der Waals surface area contributed by atoms with Crippen molar-refractivity contribution >= 4 is 5.69 Å². The van der Waals surface area contributed by atoms with Crippen LogP contribution < -0.4 is 11.1 Å². The quantitative estimate of drug-likeness (QED) is 0.725. The van der Waals surface area contributed by atoms with E-state index in [4.69, 9.17) is 4.42 Å². The fraction of sp³-hybridized carbons (Fsp3) is 0.333. The minimum atomic E-state index is -0.669. The van der Waals surface area contributed by atoms with Gasteiger partial charge in [0.15, 0.2) is 0 Å². The molecule has 0 fully saturated rings. The number of benzene rings is 1. The van der Waals surface area contributed by atoms with E-state index in [0.29, 0.717) is 6.54 Å². The largest absolute Gasteiger partial charge is 0.434 e. The first-order valence-corrected chi connectivity index (χ1v) is 5.66. The number of aliphatic hydroxyl groups is 1. The zero-order valence-corrected chi connectivity index (χ0v) is 10.0. The molecule has 2 aromatic rings. The molecule has 1 heterocycles. The average Bonchev–Trinajstić information content (AvgIpc) is 2.74. The Morgan fingerprint density at radius 2 is 2.17 bits per heavy atom. The molecule has 18 heavy (non-hydrogen) atoms. The maximum atomic E-state index is 10.7. The van der Waals surface area contributed by atoms with E-state index in [1.54, 1.807) is 0 Å². The molecule has 1 atom stereocenters. The van der Waals surface area contributed by atoms with Gasteiger partial charge in [-0.25, -0.2) is 9.89 Å². The first-order chi connectivity index (χ1) is 8.63. The summed E-state index contributed by atoms with van der Waals surface area (Å²) in [5, 5.41) is 18.6. The van der Waals surface area contributed by atoms with E-state index in [-0.39, 0.29) is 12.3 Å². The Bertz CT molecular complexity index is 544. The molecule has 0 spiro atoms. The third kappa shape index (κ3) is 3.46. The number of aliphatic hydroxyl groups excluding tert-OH is 1. The van der Waals surface area contributed by atoms with Crippen LogP contribution in [0.2, 0.25) is 0 Å². The van der Waals surface area contributed by atoms with Gasteiger partial charge in [0, 0.05) is 12.2 Å². The molecule has 6 nitrogen and oxygen atoms in total. The van der Waals surface area contributed by atoms with Gasteiger partial charge >= 0.3 is 5.76 Å². The van der Waals surface area contributed by atoms with Gasteiger partial charge in [-0.1, -0.05) is 17.7 Å². The first kappa shape index (κ1) is 12.4. The molecule has 0 aliphatic rings. The molecule has 1 unspecified atom stereocenters. The van der Waals surface area contributed by atoms with E-state index in [1.807, 2.05) is 31.2 Å². The minimum absolute atomic E-state index is 0.192. The van der Waals surface area contributed by atoms with Crippen LogP contribution in [0.25, 0.3) is 0 Å². The monoisotopic (exact) mass is 249 g/mol. The molecular formula is C12H15N3O3.